The molecule has 2 atom stereocenters. The number of amides is 1. The summed E-state index contributed by atoms with van der Waals surface area (Å²) in [4.78, 5) is 19.1. The normalized spacial score (nSPS) is 22.7. The van der Waals surface area contributed by atoms with E-state index in [9.17, 15) is 13.2 Å². The highest BCUT2D eigenvalue weighted by Crippen LogP contribution is 2.28. The molecule has 10 nitrogen and oxygen atoms in total. The van der Waals surface area contributed by atoms with Crippen LogP contribution in [0.2, 0.25) is 5.02 Å². The summed E-state index contributed by atoms with van der Waals surface area (Å²) in [6.45, 7) is 5.83. The smallest absolute Gasteiger partial charge is 0.258 e. The minimum Gasteiger partial charge on any atom is -0.373 e. The molecule has 2 unspecified atom stereocenters. The number of rotatable bonds is 5. The van der Waals surface area contributed by atoms with E-state index in [1.165, 1.54) is 28.9 Å². The Morgan fingerprint density at radius 1 is 1.19 bits per heavy atom. The molecule has 2 aliphatic rings. The summed E-state index contributed by atoms with van der Waals surface area (Å²) in [5.74, 6) is 0.226. The number of piperidine rings is 1. The summed E-state index contributed by atoms with van der Waals surface area (Å²) >= 11 is 6.22. The van der Waals surface area contributed by atoms with Gasteiger partial charge < -0.3 is 9.64 Å². The first-order valence-corrected chi connectivity index (χ1v) is 12.5. The van der Waals surface area contributed by atoms with Gasteiger partial charge in [0.1, 0.15) is 4.90 Å². The fraction of sp³-hybridized carbons (Fsp3) is 0.550. The number of ether oxygens (including phenoxy) is 1. The Balaban J connectivity index is 1.52. The molecule has 4 rings (SSSR count). The first-order valence-electron chi connectivity index (χ1n) is 10.7. The minimum absolute atomic E-state index is 0.0559. The molecule has 2 aromatic rings. The van der Waals surface area contributed by atoms with Crippen LogP contribution in [-0.2, 0) is 14.8 Å². The first-order chi connectivity index (χ1) is 15.2. The maximum atomic E-state index is 13.2. The zero-order chi connectivity index (χ0) is 22.9. The number of aromatic nitrogens is 3. The number of carbonyl (C=O) groups excluding carboxylic acids is 1. The number of benzene rings is 1. The first kappa shape index (κ1) is 23.0. The number of aromatic amines is 1. The van der Waals surface area contributed by atoms with Crippen molar-refractivity contribution in [3.63, 3.8) is 0 Å². The van der Waals surface area contributed by atoms with E-state index in [1.54, 1.807) is 0 Å². The Bertz CT molecular complexity index is 1080. The third-order valence-electron chi connectivity index (χ3n) is 5.54. The molecule has 0 bridgehead atoms. The summed E-state index contributed by atoms with van der Waals surface area (Å²) in [5.41, 5.74) is 0.151. The second-order valence-electron chi connectivity index (χ2n) is 8.21. The highest BCUT2D eigenvalue weighted by atomic mass is 35.5. The number of H-pyrrole nitrogens is 1. The van der Waals surface area contributed by atoms with Crippen LogP contribution < -0.4 is 10.2 Å². The molecule has 12 heteroatoms. The van der Waals surface area contributed by atoms with E-state index in [4.69, 9.17) is 16.3 Å². The zero-order valence-corrected chi connectivity index (χ0v) is 19.6. The number of carbonyl (C=O) groups is 1. The number of hydrogen-bond donors (Lipinski definition) is 2. The van der Waals surface area contributed by atoms with Gasteiger partial charge in [-0.1, -0.05) is 11.6 Å². The molecular formula is C20H27ClN6O4S. The molecule has 2 fully saturated rings. The van der Waals surface area contributed by atoms with Crippen LogP contribution in [0.3, 0.4) is 0 Å². The highest BCUT2D eigenvalue weighted by molar-refractivity contribution is 7.89. The van der Waals surface area contributed by atoms with Crippen molar-refractivity contribution in [2.75, 3.05) is 36.4 Å². The standard InChI is InChI=1S/C20H27ClN6O4S/c1-13-11-27(12-14(2)31-13)32(29,30)17-10-15(6-7-16(17)21)18(28)22-19-23-20(25-24-19)26-8-4-3-5-9-26/h6-7,10,13-14H,3-5,8-9,11-12H2,1-2H3,(H2,22,23,24,25,28). The summed E-state index contributed by atoms with van der Waals surface area (Å²) in [6.07, 6.45) is 2.88. The van der Waals surface area contributed by atoms with E-state index in [-0.39, 0.29) is 46.7 Å². The van der Waals surface area contributed by atoms with Crippen LogP contribution in [0, 0.1) is 0 Å². The lowest BCUT2D eigenvalue weighted by Gasteiger charge is -2.34. The molecule has 0 saturated carbocycles. The van der Waals surface area contributed by atoms with Crippen LogP contribution >= 0.6 is 11.6 Å². The van der Waals surface area contributed by atoms with Gasteiger partial charge in [0.25, 0.3) is 5.91 Å². The average Bonchev–Trinajstić information content (AvgIpc) is 3.22. The van der Waals surface area contributed by atoms with Crippen molar-refractivity contribution in [1.29, 1.82) is 0 Å². The molecule has 3 heterocycles. The van der Waals surface area contributed by atoms with Crippen LogP contribution in [0.25, 0.3) is 0 Å². The second-order valence-corrected chi connectivity index (χ2v) is 10.5. The number of nitrogens with zero attached hydrogens (tertiary/aromatic N) is 4. The van der Waals surface area contributed by atoms with Gasteiger partial charge in [0.05, 0.1) is 17.2 Å². The van der Waals surface area contributed by atoms with Crippen LogP contribution in [0.5, 0.6) is 0 Å². The predicted molar refractivity (Wildman–Crippen MR) is 121 cm³/mol. The molecule has 0 radical (unpaired) electrons. The van der Waals surface area contributed by atoms with Crippen molar-refractivity contribution in [2.24, 2.45) is 0 Å². The van der Waals surface area contributed by atoms with E-state index in [1.807, 2.05) is 13.8 Å². The Hall–Kier alpha value is -2.21. The van der Waals surface area contributed by atoms with Gasteiger partial charge >= 0.3 is 0 Å². The van der Waals surface area contributed by atoms with Gasteiger partial charge in [-0.05, 0) is 51.3 Å². The van der Waals surface area contributed by atoms with Crippen LogP contribution in [0.15, 0.2) is 23.1 Å². The van der Waals surface area contributed by atoms with Gasteiger partial charge in [-0.25, -0.2) is 13.5 Å². The molecular weight excluding hydrogens is 456 g/mol. The third kappa shape index (κ3) is 4.90. The van der Waals surface area contributed by atoms with Crippen LogP contribution in [-0.4, -0.2) is 72.2 Å². The molecule has 174 valence electrons. The fourth-order valence-corrected chi connectivity index (χ4v) is 6.12. The van der Waals surface area contributed by atoms with Crippen LogP contribution in [0.1, 0.15) is 43.5 Å². The summed E-state index contributed by atoms with van der Waals surface area (Å²) < 4.78 is 33.4. The number of halogens is 1. The maximum absolute atomic E-state index is 13.2. The van der Waals surface area contributed by atoms with Gasteiger partial charge in [-0.3, -0.25) is 10.1 Å². The second kappa shape index (κ2) is 9.34. The number of morpholine rings is 1. The lowest BCUT2D eigenvalue weighted by atomic mass is 10.1. The molecule has 32 heavy (non-hydrogen) atoms. The largest absolute Gasteiger partial charge is 0.373 e. The lowest BCUT2D eigenvalue weighted by molar-refractivity contribution is -0.0440. The highest BCUT2D eigenvalue weighted by Gasteiger charge is 2.34. The lowest BCUT2D eigenvalue weighted by Crippen LogP contribution is -2.48. The van der Waals surface area contributed by atoms with Gasteiger partial charge in [-0.15, -0.1) is 5.10 Å². The van der Waals surface area contributed by atoms with E-state index >= 15 is 0 Å². The topological polar surface area (TPSA) is 121 Å². The molecule has 0 spiro atoms. The Labute approximate surface area is 192 Å². The average molecular weight is 483 g/mol. The van der Waals surface area contributed by atoms with E-state index < -0.39 is 15.9 Å². The molecule has 1 amide bonds. The number of anilines is 2. The number of hydrogen-bond acceptors (Lipinski definition) is 7. The quantitative estimate of drug-likeness (QED) is 0.671. The maximum Gasteiger partial charge on any atom is 0.258 e. The number of sulfonamides is 1. The third-order valence-corrected chi connectivity index (χ3v) is 7.85. The van der Waals surface area contributed by atoms with Gasteiger partial charge in [0, 0.05) is 31.7 Å². The molecule has 0 aliphatic carbocycles. The summed E-state index contributed by atoms with van der Waals surface area (Å²) in [7, 11) is -3.90. The van der Waals surface area contributed by atoms with E-state index in [0.717, 1.165) is 25.9 Å². The molecule has 2 aliphatic heterocycles. The fourth-order valence-electron chi connectivity index (χ4n) is 4.03. The predicted octanol–water partition coefficient (Wildman–Crippen LogP) is 2.50. The van der Waals surface area contributed by atoms with Crippen molar-refractivity contribution in [1.82, 2.24) is 19.5 Å². The summed E-state index contributed by atoms with van der Waals surface area (Å²) in [5, 5.41) is 9.59. The monoisotopic (exact) mass is 482 g/mol. The van der Waals surface area contributed by atoms with Gasteiger partial charge in [0.15, 0.2) is 0 Å². The van der Waals surface area contributed by atoms with Crippen molar-refractivity contribution in [3.8, 4) is 0 Å². The Morgan fingerprint density at radius 3 is 2.56 bits per heavy atom. The van der Waals surface area contributed by atoms with Gasteiger partial charge in [-0.2, -0.15) is 9.29 Å². The van der Waals surface area contributed by atoms with Crippen molar-refractivity contribution in [2.45, 2.75) is 50.2 Å². The molecule has 1 aromatic heterocycles. The van der Waals surface area contributed by atoms with Gasteiger partial charge in [0.2, 0.25) is 21.9 Å². The SMILES string of the molecule is CC1CN(S(=O)(=O)c2cc(C(=O)Nc3nc(N4CCCCC4)n[nH]3)ccc2Cl)CC(C)O1. The molecule has 1 aromatic carbocycles. The summed E-state index contributed by atoms with van der Waals surface area (Å²) in [6, 6.07) is 4.18. The van der Waals surface area contributed by atoms with E-state index in [2.05, 4.69) is 25.4 Å². The van der Waals surface area contributed by atoms with E-state index in [0.29, 0.717) is 5.95 Å². The molecule has 2 saturated heterocycles. The van der Waals surface area contributed by atoms with Crippen LogP contribution in [0.4, 0.5) is 11.9 Å². The van der Waals surface area contributed by atoms with Crippen molar-refractivity contribution in [3.05, 3.63) is 28.8 Å². The number of nitrogens with one attached hydrogen (secondary N) is 2. The van der Waals surface area contributed by atoms with Crippen molar-refractivity contribution < 1.29 is 17.9 Å². The Kier molecular flexibility index (Phi) is 6.70. The minimum atomic E-state index is -3.90. The van der Waals surface area contributed by atoms with Crippen molar-refractivity contribution >= 4 is 39.4 Å². The zero-order valence-electron chi connectivity index (χ0n) is 18.0. The molecule has 2 N–H and O–H groups in total. The Morgan fingerprint density at radius 2 is 1.88 bits per heavy atom.